The Morgan fingerprint density at radius 2 is 1.76 bits per heavy atom. The van der Waals surface area contributed by atoms with E-state index in [1.165, 1.54) is 0 Å². The summed E-state index contributed by atoms with van der Waals surface area (Å²) < 4.78 is 30.4. The third-order valence-corrected chi connectivity index (χ3v) is 7.10. The Bertz CT molecular complexity index is 1410. The number of nitrogens with one attached hydrogen (secondary N) is 1. The van der Waals surface area contributed by atoms with E-state index in [1.54, 1.807) is 0 Å². The monoisotopic (exact) mass is 520 g/mol. The summed E-state index contributed by atoms with van der Waals surface area (Å²) in [4.78, 5) is 22.5. The third-order valence-electron chi connectivity index (χ3n) is 7.10. The number of benzene rings is 1. The molecule has 4 heterocycles. The van der Waals surface area contributed by atoms with Crippen molar-refractivity contribution >= 4 is 22.8 Å². The Kier molecular flexibility index (Phi) is 7.62. The standard InChI is InChI=1S/C28H34F2N8/c1-5-36-8-10-37(11-9-36)17-20-6-7-24(31-15-20)33-28-32-16-22(30)27(35-28)21-12-19(4)26-23(13-21)38(18(2)3)25(14-29)34-26/h6-7,12-13,15-16,18H,5,8-11,14,17H2,1-4H3,(H,31,32,33,35). The van der Waals surface area contributed by atoms with Crippen LogP contribution in [0.5, 0.6) is 0 Å². The van der Waals surface area contributed by atoms with E-state index in [0.717, 1.165) is 62.1 Å². The minimum atomic E-state index is -0.668. The maximum absolute atomic E-state index is 14.9. The number of imidazole rings is 1. The van der Waals surface area contributed by atoms with Crippen LogP contribution in [0.4, 0.5) is 20.5 Å². The molecular formula is C28H34F2N8. The van der Waals surface area contributed by atoms with Crippen molar-refractivity contribution in [2.75, 3.05) is 38.0 Å². The second-order valence-corrected chi connectivity index (χ2v) is 10.1. The van der Waals surface area contributed by atoms with Crippen LogP contribution in [0, 0.1) is 12.7 Å². The van der Waals surface area contributed by atoms with E-state index >= 15 is 0 Å². The molecule has 4 aromatic rings. The molecule has 0 aliphatic carbocycles. The molecule has 3 aromatic heterocycles. The zero-order chi connectivity index (χ0) is 26.8. The largest absolute Gasteiger partial charge is 0.323 e. The number of nitrogens with zero attached hydrogens (tertiary/aromatic N) is 7. The van der Waals surface area contributed by atoms with E-state index in [9.17, 15) is 8.78 Å². The number of halogens is 2. The van der Waals surface area contributed by atoms with Gasteiger partial charge in [-0.15, -0.1) is 0 Å². The van der Waals surface area contributed by atoms with Gasteiger partial charge in [0.15, 0.2) is 5.82 Å². The van der Waals surface area contributed by atoms with Crippen molar-refractivity contribution in [2.45, 2.75) is 47.0 Å². The van der Waals surface area contributed by atoms with Crippen LogP contribution in [0.1, 0.15) is 43.8 Å². The number of aryl methyl sites for hydroxylation is 1. The number of alkyl halides is 1. The molecule has 5 rings (SSSR count). The zero-order valence-electron chi connectivity index (χ0n) is 22.4. The molecule has 1 N–H and O–H groups in total. The summed E-state index contributed by atoms with van der Waals surface area (Å²) in [7, 11) is 0. The van der Waals surface area contributed by atoms with Crippen LogP contribution in [0.3, 0.4) is 0 Å². The summed E-state index contributed by atoms with van der Waals surface area (Å²) >= 11 is 0. The molecule has 0 amide bonds. The number of anilines is 2. The third kappa shape index (κ3) is 5.37. The van der Waals surface area contributed by atoms with Gasteiger partial charge in [-0.2, -0.15) is 0 Å². The van der Waals surface area contributed by atoms with Crippen molar-refractivity contribution in [1.82, 2.24) is 34.3 Å². The molecule has 1 aliphatic heterocycles. The van der Waals surface area contributed by atoms with Gasteiger partial charge in [0, 0.05) is 50.5 Å². The van der Waals surface area contributed by atoms with Crippen LogP contribution < -0.4 is 5.32 Å². The normalized spacial score (nSPS) is 15.0. The Hall–Kier alpha value is -3.50. The molecule has 10 heteroatoms. The summed E-state index contributed by atoms with van der Waals surface area (Å²) in [5, 5.41) is 3.09. The van der Waals surface area contributed by atoms with E-state index < -0.39 is 12.5 Å². The molecule has 0 atom stereocenters. The van der Waals surface area contributed by atoms with Gasteiger partial charge in [-0.25, -0.2) is 28.7 Å². The number of pyridine rings is 1. The fourth-order valence-electron chi connectivity index (χ4n) is 5.08. The number of aromatic nitrogens is 5. The van der Waals surface area contributed by atoms with Gasteiger partial charge in [0.2, 0.25) is 5.95 Å². The SMILES string of the molecule is CCN1CCN(Cc2ccc(Nc3ncc(F)c(-c4cc(C)c5nc(CF)n(C(C)C)c5c4)n3)nc2)CC1. The molecule has 0 unspecified atom stereocenters. The van der Waals surface area contributed by atoms with Crippen molar-refractivity contribution in [3.8, 4) is 11.3 Å². The van der Waals surface area contributed by atoms with Crippen molar-refractivity contribution in [1.29, 1.82) is 0 Å². The zero-order valence-corrected chi connectivity index (χ0v) is 22.4. The van der Waals surface area contributed by atoms with Gasteiger partial charge in [0.25, 0.3) is 0 Å². The lowest BCUT2D eigenvalue weighted by Gasteiger charge is -2.33. The van der Waals surface area contributed by atoms with E-state index in [4.69, 9.17) is 0 Å². The number of hydrogen-bond donors (Lipinski definition) is 1. The van der Waals surface area contributed by atoms with Crippen LogP contribution in [0.25, 0.3) is 22.3 Å². The highest BCUT2D eigenvalue weighted by Crippen LogP contribution is 2.31. The molecule has 1 fully saturated rings. The Balaban J connectivity index is 1.36. The summed E-state index contributed by atoms with van der Waals surface area (Å²) in [6.45, 7) is 13.6. The maximum Gasteiger partial charge on any atom is 0.229 e. The molecule has 0 saturated carbocycles. The number of rotatable bonds is 8. The second-order valence-electron chi connectivity index (χ2n) is 10.1. The first-order valence-corrected chi connectivity index (χ1v) is 13.1. The number of hydrogen-bond acceptors (Lipinski definition) is 7. The molecule has 0 radical (unpaired) electrons. The van der Waals surface area contributed by atoms with Crippen LogP contribution in [-0.4, -0.2) is 67.0 Å². The summed E-state index contributed by atoms with van der Waals surface area (Å²) in [5.41, 5.74) is 4.17. The van der Waals surface area contributed by atoms with Crippen LogP contribution in [0.15, 0.2) is 36.7 Å². The number of piperazine rings is 1. The predicted molar refractivity (Wildman–Crippen MR) is 146 cm³/mol. The first-order valence-electron chi connectivity index (χ1n) is 13.1. The van der Waals surface area contributed by atoms with Crippen LogP contribution >= 0.6 is 0 Å². The number of likely N-dealkylation sites (N-methyl/N-ethyl adjacent to an activating group) is 1. The van der Waals surface area contributed by atoms with Crippen molar-refractivity contribution in [3.63, 3.8) is 0 Å². The van der Waals surface area contributed by atoms with E-state index in [1.807, 2.05) is 55.8 Å². The topological polar surface area (TPSA) is 75.0 Å². The first-order chi connectivity index (χ1) is 18.4. The molecular weight excluding hydrogens is 486 g/mol. The summed E-state index contributed by atoms with van der Waals surface area (Å²) in [6, 6.07) is 7.57. The highest BCUT2D eigenvalue weighted by molar-refractivity contribution is 5.85. The summed E-state index contributed by atoms with van der Waals surface area (Å²) in [5.74, 6) is 0.650. The molecule has 38 heavy (non-hydrogen) atoms. The molecule has 8 nitrogen and oxygen atoms in total. The highest BCUT2D eigenvalue weighted by Gasteiger charge is 2.19. The molecule has 0 bridgehead atoms. The lowest BCUT2D eigenvalue weighted by Crippen LogP contribution is -2.45. The fourth-order valence-corrected chi connectivity index (χ4v) is 5.08. The maximum atomic E-state index is 14.9. The first kappa shape index (κ1) is 26.1. The molecule has 200 valence electrons. The molecule has 1 aromatic carbocycles. The lowest BCUT2D eigenvalue weighted by molar-refractivity contribution is 0.132. The Labute approximate surface area is 221 Å². The van der Waals surface area contributed by atoms with Gasteiger partial charge in [0.1, 0.15) is 24.0 Å². The molecule has 0 spiro atoms. The van der Waals surface area contributed by atoms with Gasteiger partial charge in [-0.05, 0) is 56.6 Å². The van der Waals surface area contributed by atoms with E-state index in [2.05, 4.69) is 42.0 Å². The Morgan fingerprint density at radius 3 is 2.42 bits per heavy atom. The average molecular weight is 521 g/mol. The van der Waals surface area contributed by atoms with Crippen LogP contribution in [-0.2, 0) is 13.2 Å². The number of fused-ring (bicyclic) bond motifs is 1. The predicted octanol–water partition coefficient (Wildman–Crippen LogP) is 5.27. The van der Waals surface area contributed by atoms with Gasteiger partial charge < -0.3 is 14.8 Å². The van der Waals surface area contributed by atoms with Gasteiger partial charge in [-0.3, -0.25) is 4.90 Å². The Morgan fingerprint density at radius 1 is 1.00 bits per heavy atom. The van der Waals surface area contributed by atoms with Crippen molar-refractivity contribution in [2.24, 2.45) is 0 Å². The van der Waals surface area contributed by atoms with E-state index in [-0.39, 0.29) is 17.7 Å². The fraction of sp³-hybridized carbons (Fsp3) is 0.429. The lowest BCUT2D eigenvalue weighted by atomic mass is 10.1. The minimum Gasteiger partial charge on any atom is -0.323 e. The minimum absolute atomic E-state index is 0.00266. The summed E-state index contributed by atoms with van der Waals surface area (Å²) in [6.07, 6.45) is 3.01. The van der Waals surface area contributed by atoms with Crippen LogP contribution in [0.2, 0.25) is 0 Å². The second kappa shape index (κ2) is 11.1. The average Bonchev–Trinajstić information content (AvgIpc) is 3.31. The molecule has 1 saturated heterocycles. The van der Waals surface area contributed by atoms with Crippen molar-refractivity contribution in [3.05, 3.63) is 59.4 Å². The smallest absolute Gasteiger partial charge is 0.229 e. The van der Waals surface area contributed by atoms with Gasteiger partial charge >= 0.3 is 0 Å². The van der Waals surface area contributed by atoms with Crippen molar-refractivity contribution < 1.29 is 8.78 Å². The van der Waals surface area contributed by atoms with Gasteiger partial charge in [-0.1, -0.05) is 13.0 Å². The molecule has 1 aliphatic rings. The highest BCUT2D eigenvalue weighted by atomic mass is 19.1. The quantitative estimate of drug-likeness (QED) is 0.339. The van der Waals surface area contributed by atoms with Gasteiger partial charge in [0.05, 0.1) is 17.2 Å². The van der Waals surface area contributed by atoms with E-state index in [0.29, 0.717) is 22.7 Å².